The zero-order valence-corrected chi connectivity index (χ0v) is 24.0. The van der Waals surface area contributed by atoms with Crippen molar-refractivity contribution in [2.45, 2.75) is 64.0 Å². The smallest absolute Gasteiger partial charge is 0.406 e. The fraction of sp³-hybridized carbons (Fsp3) is 0.323. The molecule has 1 aliphatic heterocycles. The van der Waals surface area contributed by atoms with Gasteiger partial charge in [-0.3, -0.25) is 14.4 Å². The number of fused-ring (bicyclic) bond motifs is 1. The Hall–Kier alpha value is -4.75. The number of benzene rings is 3. The van der Waals surface area contributed by atoms with E-state index >= 15 is 0 Å². The highest BCUT2D eigenvalue weighted by Crippen LogP contribution is 2.31. The zero-order valence-electron chi connectivity index (χ0n) is 24.0. The molecular formula is C31H29F6N3O5. The molecule has 0 aromatic heterocycles. The number of nitrogens with zero attached hydrogens (tertiary/aromatic N) is 1. The topological polar surface area (TPSA) is 97.0 Å². The van der Waals surface area contributed by atoms with Crippen LogP contribution in [0.5, 0.6) is 11.5 Å². The molecule has 2 atom stereocenters. The van der Waals surface area contributed by atoms with Gasteiger partial charge in [0.15, 0.2) is 0 Å². The average Bonchev–Trinajstić information content (AvgIpc) is 3.08. The number of nitrogens with one attached hydrogen (secondary N) is 2. The molecule has 0 fully saturated rings. The van der Waals surface area contributed by atoms with E-state index in [9.17, 15) is 40.7 Å². The van der Waals surface area contributed by atoms with Crippen LogP contribution in [0, 0.1) is 0 Å². The molecule has 3 aromatic carbocycles. The van der Waals surface area contributed by atoms with Crippen LogP contribution >= 0.6 is 0 Å². The first-order chi connectivity index (χ1) is 21.1. The summed E-state index contributed by atoms with van der Waals surface area (Å²) in [5.41, 5.74) is 0.803. The minimum atomic E-state index is -5.14. The van der Waals surface area contributed by atoms with E-state index in [0.29, 0.717) is 12.1 Å². The van der Waals surface area contributed by atoms with Gasteiger partial charge in [-0.1, -0.05) is 48.5 Å². The quantitative estimate of drug-likeness (QED) is 0.294. The van der Waals surface area contributed by atoms with E-state index in [1.165, 1.54) is 35.2 Å². The summed E-state index contributed by atoms with van der Waals surface area (Å²) in [5, 5.41) is 4.92. The van der Waals surface area contributed by atoms with Gasteiger partial charge in [0, 0.05) is 18.2 Å². The maximum Gasteiger partial charge on any atom is 0.573 e. The highest BCUT2D eigenvalue weighted by atomic mass is 19.4. The predicted molar refractivity (Wildman–Crippen MR) is 151 cm³/mol. The van der Waals surface area contributed by atoms with Gasteiger partial charge in [0.05, 0.1) is 5.56 Å². The molecule has 0 bridgehead atoms. The number of amides is 3. The van der Waals surface area contributed by atoms with Crippen LogP contribution in [0.15, 0.2) is 72.8 Å². The van der Waals surface area contributed by atoms with Crippen molar-refractivity contribution in [2.75, 3.05) is 4.90 Å². The Morgan fingerprint density at radius 1 is 0.867 bits per heavy atom. The number of hydrogen-bond acceptors (Lipinski definition) is 5. The van der Waals surface area contributed by atoms with Gasteiger partial charge in [0.1, 0.15) is 23.6 Å². The van der Waals surface area contributed by atoms with Crippen molar-refractivity contribution in [3.63, 3.8) is 0 Å². The fourth-order valence-corrected chi connectivity index (χ4v) is 5.04. The van der Waals surface area contributed by atoms with Crippen molar-refractivity contribution in [3.8, 4) is 11.5 Å². The molecule has 3 amide bonds. The van der Waals surface area contributed by atoms with Crippen molar-refractivity contribution in [1.29, 1.82) is 0 Å². The molecule has 1 heterocycles. The molecule has 0 aliphatic carbocycles. The van der Waals surface area contributed by atoms with E-state index in [1.807, 2.05) is 12.1 Å². The molecule has 2 N–H and O–H groups in total. The molecular weight excluding hydrogens is 608 g/mol. The second kappa shape index (κ2) is 13.5. The van der Waals surface area contributed by atoms with Crippen molar-refractivity contribution in [2.24, 2.45) is 0 Å². The molecule has 0 saturated carbocycles. The van der Waals surface area contributed by atoms with E-state index in [2.05, 4.69) is 20.1 Å². The number of carbonyl (C=O) groups is 3. The maximum atomic E-state index is 13.7. The summed E-state index contributed by atoms with van der Waals surface area (Å²) < 4.78 is 86.4. The first kappa shape index (κ1) is 33.1. The van der Waals surface area contributed by atoms with E-state index in [1.54, 1.807) is 26.0 Å². The van der Waals surface area contributed by atoms with Gasteiger partial charge in [0.25, 0.3) is 5.91 Å². The van der Waals surface area contributed by atoms with Crippen LogP contribution in [0.3, 0.4) is 0 Å². The van der Waals surface area contributed by atoms with Crippen LogP contribution in [0.2, 0.25) is 0 Å². The average molecular weight is 638 g/mol. The first-order valence-corrected chi connectivity index (χ1v) is 13.8. The van der Waals surface area contributed by atoms with Gasteiger partial charge in [0.2, 0.25) is 11.8 Å². The van der Waals surface area contributed by atoms with E-state index in [-0.39, 0.29) is 18.0 Å². The van der Waals surface area contributed by atoms with Crippen LogP contribution in [-0.2, 0) is 22.4 Å². The number of carbonyl (C=O) groups excluding carboxylic acids is 3. The maximum absolute atomic E-state index is 13.7. The number of ether oxygens (including phenoxy) is 2. The first-order valence-electron chi connectivity index (χ1n) is 13.8. The van der Waals surface area contributed by atoms with Gasteiger partial charge in [-0.25, -0.2) is 0 Å². The molecule has 14 heteroatoms. The third kappa shape index (κ3) is 8.67. The Labute approximate surface area is 254 Å². The van der Waals surface area contributed by atoms with Crippen molar-refractivity contribution < 1.29 is 50.2 Å². The summed E-state index contributed by atoms with van der Waals surface area (Å²) in [6, 6.07) is 13.5. The van der Waals surface area contributed by atoms with Crippen molar-refractivity contribution in [3.05, 3.63) is 89.5 Å². The van der Waals surface area contributed by atoms with Crippen LogP contribution in [0.25, 0.3) is 0 Å². The molecule has 0 saturated heterocycles. The summed E-state index contributed by atoms with van der Waals surface area (Å²) in [6.07, 6.45) is -10.2. The fourth-order valence-electron chi connectivity index (χ4n) is 5.04. The van der Waals surface area contributed by atoms with E-state index < -0.39 is 66.0 Å². The summed E-state index contributed by atoms with van der Waals surface area (Å²) in [5.74, 6) is -4.07. The van der Waals surface area contributed by atoms with Crippen molar-refractivity contribution >= 4 is 23.4 Å². The molecule has 45 heavy (non-hydrogen) atoms. The lowest BCUT2D eigenvalue weighted by atomic mass is 10.0. The summed E-state index contributed by atoms with van der Waals surface area (Å²) >= 11 is 0. The third-order valence-electron chi connectivity index (χ3n) is 6.92. The standard InChI is InChI=1S/C31H29F6N3O5/c1-18(2)40-24-12-6-3-9-19(24)15-16-22(29(40)43)38-28(42)23(17-20-10-4-7-13-25(20)44-30(32,33)34)39-27(41)21-11-5-8-14-26(21)45-31(35,36)37/h3-14,18,22-23H,15-17H2,1-2H3,(H,38,42)(H,39,41)/t22-,23-/m1/s1. The van der Waals surface area contributed by atoms with Crippen LogP contribution in [0.4, 0.5) is 32.0 Å². The number of rotatable bonds is 9. The number of aryl methyl sites for hydroxylation is 1. The zero-order chi connectivity index (χ0) is 32.9. The summed E-state index contributed by atoms with van der Waals surface area (Å²) in [7, 11) is 0. The number of alkyl halides is 6. The lowest BCUT2D eigenvalue weighted by molar-refractivity contribution is -0.275. The van der Waals surface area contributed by atoms with E-state index in [4.69, 9.17) is 0 Å². The van der Waals surface area contributed by atoms with Crippen LogP contribution in [0.1, 0.15) is 41.8 Å². The van der Waals surface area contributed by atoms with Gasteiger partial charge in [-0.15, -0.1) is 26.3 Å². The summed E-state index contributed by atoms with van der Waals surface area (Å²) in [4.78, 5) is 42.2. The summed E-state index contributed by atoms with van der Waals surface area (Å²) in [6.45, 7) is 3.58. The van der Waals surface area contributed by atoms with Gasteiger partial charge >= 0.3 is 12.7 Å². The van der Waals surface area contributed by atoms with Gasteiger partial charge in [-0.2, -0.15) is 0 Å². The monoisotopic (exact) mass is 637 g/mol. The lowest BCUT2D eigenvalue weighted by Crippen LogP contribution is -2.55. The Balaban J connectivity index is 1.66. The molecule has 3 aromatic rings. The molecule has 4 rings (SSSR count). The molecule has 1 aliphatic rings. The van der Waals surface area contributed by atoms with Crippen LogP contribution < -0.4 is 25.0 Å². The van der Waals surface area contributed by atoms with Gasteiger partial charge in [-0.05, 0) is 62.1 Å². The highest BCUT2D eigenvalue weighted by molar-refractivity contribution is 6.03. The highest BCUT2D eigenvalue weighted by Gasteiger charge is 2.37. The number of anilines is 1. The predicted octanol–water partition coefficient (Wildman–Crippen LogP) is 5.70. The third-order valence-corrected chi connectivity index (χ3v) is 6.92. The minimum Gasteiger partial charge on any atom is -0.406 e. The number of halogens is 6. The largest absolute Gasteiger partial charge is 0.573 e. The molecule has 0 spiro atoms. The second-order valence-corrected chi connectivity index (χ2v) is 10.5. The van der Waals surface area contributed by atoms with E-state index in [0.717, 1.165) is 23.8 Å². The molecule has 0 unspecified atom stereocenters. The Kier molecular flexibility index (Phi) is 9.94. The molecule has 8 nitrogen and oxygen atoms in total. The SMILES string of the molecule is CC(C)N1C(=O)[C@H](NC(=O)[C@@H](Cc2ccccc2OC(F)(F)F)NC(=O)c2ccccc2OC(F)(F)F)CCc2ccccc21. The normalized spacial score (nSPS) is 16.0. The molecule has 240 valence electrons. The Bertz CT molecular complexity index is 1540. The Morgan fingerprint density at radius 2 is 1.44 bits per heavy atom. The number of hydrogen-bond donors (Lipinski definition) is 2. The van der Waals surface area contributed by atoms with Crippen LogP contribution in [-0.4, -0.2) is 48.6 Å². The lowest BCUT2D eigenvalue weighted by Gasteiger charge is -2.30. The Morgan fingerprint density at radius 3 is 2.11 bits per heavy atom. The minimum absolute atomic E-state index is 0.140. The van der Waals surface area contributed by atoms with Crippen molar-refractivity contribution in [1.82, 2.24) is 10.6 Å². The van der Waals surface area contributed by atoms with Gasteiger partial charge < -0.3 is 25.0 Å². The second-order valence-electron chi connectivity index (χ2n) is 10.5. The molecule has 0 radical (unpaired) electrons. The number of para-hydroxylation sites is 3.